The van der Waals surface area contributed by atoms with Crippen LogP contribution in [0.25, 0.3) is 22.4 Å². The van der Waals surface area contributed by atoms with Gasteiger partial charge in [0.05, 0.1) is 23.8 Å². The number of hydrogen-bond acceptors (Lipinski definition) is 4. The first-order chi connectivity index (χ1) is 10.8. The van der Waals surface area contributed by atoms with Gasteiger partial charge in [-0.15, -0.1) is 0 Å². The molecule has 6 heteroatoms. The zero-order valence-corrected chi connectivity index (χ0v) is 13.3. The molecule has 1 N–H and O–H groups in total. The molecule has 4 heterocycles. The number of benzene rings is 1. The first kappa shape index (κ1) is 12.8. The number of nitrogens with zero attached hydrogens (tertiary/aromatic N) is 2. The molecular weight excluding hydrogens is 346 g/mol. The SMILES string of the molecule is Brc1ccc2[nH]c(-c3noc([C@@H]4C[C@H]5CC[C@@H]4O5)n3)cc2c1. The largest absolute Gasteiger partial charge is 0.374 e. The van der Waals surface area contributed by atoms with Crippen LogP contribution in [-0.2, 0) is 4.74 Å². The van der Waals surface area contributed by atoms with Gasteiger partial charge in [-0.1, -0.05) is 21.1 Å². The highest BCUT2D eigenvalue weighted by Crippen LogP contribution is 2.44. The lowest BCUT2D eigenvalue weighted by Crippen LogP contribution is -2.14. The van der Waals surface area contributed by atoms with E-state index in [2.05, 4.69) is 37.1 Å². The van der Waals surface area contributed by atoms with E-state index in [1.54, 1.807) is 0 Å². The molecule has 0 amide bonds. The number of ether oxygens (including phenoxy) is 1. The molecule has 1 aromatic carbocycles. The summed E-state index contributed by atoms with van der Waals surface area (Å²) in [5.74, 6) is 1.59. The molecule has 2 saturated heterocycles. The van der Waals surface area contributed by atoms with E-state index in [1.807, 2.05) is 18.2 Å². The fraction of sp³-hybridized carbons (Fsp3) is 0.375. The van der Waals surface area contributed by atoms with Gasteiger partial charge < -0.3 is 14.2 Å². The van der Waals surface area contributed by atoms with Crippen molar-refractivity contribution in [3.05, 3.63) is 34.6 Å². The second-order valence-electron chi connectivity index (χ2n) is 6.09. The highest BCUT2D eigenvalue weighted by molar-refractivity contribution is 9.10. The smallest absolute Gasteiger partial charge is 0.232 e. The van der Waals surface area contributed by atoms with E-state index in [-0.39, 0.29) is 12.0 Å². The minimum atomic E-state index is 0.261. The lowest BCUT2D eigenvalue weighted by Gasteiger charge is -2.13. The maximum atomic E-state index is 5.87. The van der Waals surface area contributed by atoms with Crippen molar-refractivity contribution in [2.24, 2.45) is 0 Å². The third-order valence-corrected chi connectivity index (χ3v) is 5.18. The summed E-state index contributed by atoms with van der Waals surface area (Å²) in [7, 11) is 0. The Kier molecular flexibility index (Phi) is 2.72. The number of aromatic nitrogens is 3. The molecule has 2 fully saturated rings. The molecule has 2 bridgehead atoms. The Bertz CT molecular complexity index is 856. The van der Waals surface area contributed by atoms with Gasteiger partial charge in [0.1, 0.15) is 0 Å². The van der Waals surface area contributed by atoms with E-state index in [0.29, 0.717) is 17.8 Å². The van der Waals surface area contributed by atoms with E-state index in [0.717, 1.165) is 33.9 Å². The molecule has 0 aliphatic carbocycles. The van der Waals surface area contributed by atoms with Gasteiger partial charge in [0.2, 0.25) is 11.7 Å². The van der Waals surface area contributed by atoms with Crippen LogP contribution in [0.15, 0.2) is 33.3 Å². The van der Waals surface area contributed by atoms with Crippen molar-refractivity contribution in [3.63, 3.8) is 0 Å². The first-order valence-corrected chi connectivity index (χ1v) is 8.33. The Morgan fingerprint density at radius 2 is 2.18 bits per heavy atom. The fourth-order valence-corrected chi connectivity index (χ4v) is 4.00. The van der Waals surface area contributed by atoms with Crippen LogP contribution in [0.2, 0.25) is 0 Å². The van der Waals surface area contributed by atoms with Crippen LogP contribution in [0.3, 0.4) is 0 Å². The van der Waals surface area contributed by atoms with Crippen LogP contribution in [0.4, 0.5) is 0 Å². The van der Waals surface area contributed by atoms with E-state index in [1.165, 1.54) is 6.42 Å². The predicted octanol–water partition coefficient (Wildman–Crippen LogP) is 4.02. The number of fused-ring (bicyclic) bond motifs is 3. The monoisotopic (exact) mass is 359 g/mol. The van der Waals surface area contributed by atoms with E-state index in [4.69, 9.17) is 9.26 Å². The molecule has 5 nitrogen and oxygen atoms in total. The van der Waals surface area contributed by atoms with Gasteiger partial charge in [0, 0.05) is 15.4 Å². The molecule has 0 saturated carbocycles. The summed E-state index contributed by atoms with van der Waals surface area (Å²) in [6, 6.07) is 8.16. The third-order valence-electron chi connectivity index (χ3n) is 4.69. The standard InChI is InChI=1S/C16H14BrN3O2/c17-9-1-3-12-8(5-9)6-13(18-12)15-19-16(22-20-15)11-7-10-2-4-14(11)21-10/h1,3,5-6,10-11,14,18H,2,4,7H2/t10-,11-,14+/m1/s1. The van der Waals surface area contributed by atoms with Crippen LogP contribution >= 0.6 is 15.9 Å². The second-order valence-corrected chi connectivity index (χ2v) is 7.00. The van der Waals surface area contributed by atoms with Crippen molar-refractivity contribution in [2.75, 3.05) is 0 Å². The van der Waals surface area contributed by atoms with Crippen LogP contribution in [0.5, 0.6) is 0 Å². The summed E-state index contributed by atoms with van der Waals surface area (Å²) in [5, 5.41) is 5.27. The zero-order chi connectivity index (χ0) is 14.7. The molecule has 0 unspecified atom stereocenters. The molecule has 22 heavy (non-hydrogen) atoms. The van der Waals surface area contributed by atoms with Gasteiger partial charge in [-0.3, -0.25) is 0 Å². The van der Waals surface area contributed by atoms with Crippen LogP contribution in [0, 0.1) is 0 Å². The second kappa shape index (κ2) is 4.67. The molecule has 2 aliphatic rings. The minimum absolute atomic E-state index is 0.261. The average Bonchev–Trinajstić information content (AvgIpc) is 3.28. The van der Waals surface area contributed by atoms with Crippen molar-refractivity contribution in [1.29, 1.82) is 0 Å². The van der Waals surface area contributed by atoms with Crippen LogP contribution in [-0.4, -0.2) is 27.3 Å². The molecule has 3 atom stereocenters. The number of H-pyrrole nitrogens is 1. The average molecular weight is 360 g/mol. The van der Waals surface area contributed by atoms with Crippen molar-refractivity contribution in [2.45, 2.75) is 37.4 Å². The number of hydrogen-bond donors (Lipinski definition) is 1. The number of rotatable bonds is 2. The maximum Gasteiger partial charge on any atom is 0.232 e. The molecule has 5 rings (SSSR count). The highest BCUT2D eigenvalue weighted by atomic mass is 79.9. The quantitative estimate of drug-likeness (QED) is 0.750. The molecule has 2 aromatic heterocycles. The van der Waals surface area contributed by atoms with Gasteiger partial charge in [-0.25, -0.2) is 0 Å². The summed E-state index contributed by atoms with van der Waals surface area (Å²) in [6.07, 6.45) is 3.92. The summed E-state index contributed by atoms with van der Waals surface area (Å²) < 4.78 is 12.4. The van der Waals surface area contributed by atoms with Crippen molar-refractivity contribution in [3.8, 4) is 11.5 Å². The maximum absolute atomic E-state index is 5.87. The molecular formula is C16H14BrN3O2. The Morgan fingerprint density at radius 3 is 3.00 bits per heavy atom. The number of nitrogens with one attached hydrogen (secondary N) is 1. The molecule has 0 spiro atoms. The van der Waals surface area contributed by atoms with Crippen LogP contribution in [0.1, 0.15) is 31.1 Å². The Labute approximate surface area is 135 Å². The van der Waals surface area contributed by atoms with E-state index < -0.39 is 0 Å². The summed E-state index contributed by atoms with van der Waals surface area (Å²) in [5.41, 5.74) is 1.94. The normalized spacial score (nSPS) is 27.0. The summed E-state index contributed by atoms with van der Waals surface area (Å²) in [4.78, 5) is 7.94. The van der Waals surface area contributed by atoms with Gasteiger partial charge in [-0.05, 0) is 43.5 Å². The zero-order valence-electron chi connectivity index (χ0n) is 11.8. The van der Waals surface area contributed by atoms with Crippen LogP contribution < -0.4 is 0 Å². The van der Waals surface area contributed by atoms with Gasteiger partial charge >= 0.3 is 0 Å². The topological polar surface area (TPSA) is 63.9 Å². The van der Waals surface area contributed by atoms with Gasteiger partial charge in [0.25, 0.3) is 0 Å². The number of halogens is 1. The van der Waals surface area contributed by atoms with Gasteiger partial charge in [0.15, 0.2) is 0 Å². The third kappa shape index (κ3) is 1.94. The number of aromatic amines is 1. The Hall–Kier alpha value is -1.66. The first-order valence-electron chi connectivity index (χ1n) is 7.54. The van der Waals surface area contributed by atoms with E-state index >= 15 is 0 Å². The fourth-order valence-electron chi connectivity index (χ4n) is 3.62. The molecule has 0 radical (unpaired) electrons. The van der Waals surface area contributed by atoms with E-state index in [9.17, 15) is 0 Å². The predicted molar refractivity (Wildman–Crippen MR) is 84.5 cm³/mol. The minimum Gasteiger partial charge on any atom is -0.374 e. The van der Waals surface area contributed by atoms with Crippen molar-refractivity contribution >= 4 is 26.8 Å². The lowest BCUT2D eigenvalue weighted by molar-refractivity contribution is 0.0974. The highest BCUT2D eigenvalue weighted by Gasteiger charge is 2.44. The Morgan fingerprint density at radius 1 is 1.23 bits per heavy atom. The molecule has 112 valence electrons. The molecule has 2 aliphatic heterocycles. The lowest BCUT2D eigenvalue weighted by atomic mass is 9.89. The summed E-state index contributed by atoms with van der Waals surface area (Å²) >= 11 is 3.49. The van der Waals surface area contributed by atoms with Crippen molar-refractivity contribution < 1.29 is 9.26 Å². The van der Waals surface area contributed by atoms with Gasteiger partial charge in [-0.2, -0.15) is 4.98 Å². The Balaban J connectivity index is 1.50. The van der Waals surface area contributed by atoms with Crippen molar-refractivity contribution in [1.82, 2.24) is 15.1 Å². The summed E-state index contributed by atoms with van der Waals surface area (Å²) in [6.45, 7) is 0. The molecule has 3 aromatic rings.